The number of hydrogen-bond donors (Lipinski definition) is 2. The van der Waals surface area contributed by atoms with E-state index in [-0.39, 0.29) is 41.8 Å². The van der Waals surface area contributed by atoms with Gasteiger partial charge in [-0.15, -0.1) is 0 Å². The fourth-order valence-corrected chi connectivity index (χ4v) is 4.47. The Morgan fingerprint density at radius 1 is 1.24 bits per heavy atom. The Bertz CT molecular complexity index is 1530. The normalized spacial score (nSPS) is 13.9. The van der Waals surface area contributed by atoms with Crippen LogP contribution in [0.3, 0.4) is 0 Å². The standard InChI is InChI=1S/C28H25F3N4O3/c1-16-11-19(6-7-23(16)29)24(18-4-5-18)34-25(36)21-13-17(15-35-9-10-37-28(35)32)12-20(14-21)22-3-2-8-33-26(22)38-27(30)31/h2-3,6-14,18,24,27,32H,4-5,15H2,1H3,(H,34,36). The number of rotatable bonds is 9. The highest BCUT2D eigenvalue weighted by Gasteiger charge is 2.34. The molecule has 7 nitrogen and oxygen atoms in total. The van der Waals surface area contributed by atoms with E-state index in [2.05, 4.69) is 15.0 Å². The van der Waals surface area contributed by atoms with Crippen molar-refractivity contribution in [3.63, 3.8) is 0 Å². The fraction of sp³-hybridized carbons (Fsp3) is 0.250. The van der Waals surface area contributed by atoms with E-state index in [0.717, 1.165) is 18.4 Å². The predicted molar refractivity (Wildman–Crippen MR) is 132 cm³/mol. The maximum absolute atomic E-state index is 13.9. The molecule has 2 heterocycles. The molecule has 2 N–H and O–H groups in total. The molecule has 1 fully saturated rings. The summed E-state index contributed by atoms with van der Waals surface area (Å²) >= 11 is 0. The van der Waals surface area contributed by atoms with Gasteiger partial charge in [0.2, 0.25) is 5.88 Å². The number of alkyl halides is 2. The van der Waals surface area contributed by atoms with Gasteiger partial charge in [0, 0.05) is 23.5 Å². The van der Waals surface area contributed by atoms with Gasteiger partial charge in [0.25, 0.3) is 11.6 Å². The number of halogens is 3. The van der Waals surface area contributed by atoms with Crippen LogP contribution >= 0.6 is 0 Å². The van der Waals surface area contributed by atoms with E-state index in [9.17, 15) is 18.0 Å². The number of ether oxygens (including phenoxy) is 1. The molecule has 1 atom stereocenters. The van der Waals surface area contributed by atoms with Crippen molar-refractivity contribution in [2.45, 2.75) is 39.0 Å². The van der Waals surface area contributed by atoms with Gasteiger partial charge in [0.1, 0.15) is 12.1 Å². The molecule has 5 rings (SSSR count). The number of aryl methyl sites for hydroxylation is 1. The van der Waals surface area contributed by atoms with Crippen LogP contribution < -0.4 is 15.7 Å². The largest absolute Gasteiger partial charge is 0.432 e. The first kappa shape index (κ1) is 25.3. The summed E-state index contributed by atoms with van der Waals surface area (Å²) in [5.41, 5.74) is 2.92. The summed E-state index contributed by atoms with van der Waals surface area (Å²) in [5.74, 6) is -0.699. The first-order chi connectivity index (χ1) is 18.3. The lowest BCUT2D eigenvalue weighted by atomic mass is 9.97. The van der Waals surface area contributed by atoms with E-state index < -0.39 is 6.61 Å². The zero-order chi connectivity index (χ0) is 26.8. The van der Waals surface area contributed by atoms with Crippen LogP contribution in [-0.2, 0) is 6.54 Å². The number of nitrogens with zero attached hydrogens (tertiary/aromatic N) is 2. The summed E-state index contributed by atoms with van der Waals surface area (Å²) in [6.07, 6.45) is 6.20. The van der Waals surface area contributed by atoms with E-state index in [0.29, 0.717) is 27.8 Å². The zero-order valence-electron chi connectivity index (χ0n) is 20.5. The van der Waals surface area contributed by atoms with E-state index in [4.69, 9.17) is 9.83 Å². The molecule has 1 saturated carbocycles. The first-order valence-electron chi connectivity index (χ1n) is 12.1. The molecule has 38 heavy (non-hydrogen) atoms. The summed E-state index contributed by atoms with van der Waals surface area (Å²) in [4.78, 5) is 17.5. The quantitative estimate of drug-likeness (QED) is 0.299. The van der Waals surface area contributed by atoms with Gasteiger partial charge in [-0.25, -0.2) is 9.37 Å². The number of amides is 1. The van der Waals surface area contributed by atoms with Crippen molar-refractivity contribution in [3.05, 3.63) is 101 Å². The Labute approximate surface area is 216 Å². The number of oxazole rings is 1. The molecular formula is C28H25F3N4O3. The SMILES string of the molecule is Cc1cc(C(NC(=O)c2cc(Cn3ccoc3=N)cc(-c3cccnc3OC(F)F)c2)C2CC2)ccc1F. The van der Waals surface area contributed by atoms with Crippen molar-refractivity contribution in [1.29, 1.82) is 5.41 Å². The maximum Gasteiger partial charge on any atom is 0.388 e. The summed E-state index contributed by atoms with van der Waals surface area (Å²) < 4.78 is 51.2. The highest BCUT2D eigenvalue weighted by Crippen LogP contribution is 2.41. The minimum atomic E-state index is -3.07. The molecular weight excluding hydrogens is 497 g/mol. The Kier molecular flexibility index (Phi) is 7.04. The van der Waals surface area contributed by atoms with Crippen molar-refractivity contribution in [1.82, 2.24) is 14.9 Å². The monoisotopic (exact) mass is 522 g/mol. The van der Waals surface area contributed by atoms with Crippen molar-refractivity contribution >= 4 is 5.91 Å². The van der Waals surface area contributed by atoms with Crippen LogP contribution in [0.25, 0.3) is 11.1 Å². The molecule has 1 amide bonds. The van der Waals surface area contributed by atoms with Crippen LogP contribution in [0.1, 0.15) is 45.9 Å². The highest BCUT2D eigenvalue weighted by molar-refractivity contribution is 5.96. The summed E-state index contributed by atoms with van der Waals surface area (Å²) in [6.45, 7) is -1.18. The first-order valence-corrected chi connectivity index (χ1v) is 12.1. The summed E-state index contributed by atoms with van der Waals surface area (Å²) in [5, 5.41) is 11.0. The van der Waals surface area contributed by atoms with Gasteiger partial charge < -0.3 is 14.5 Å². The topological polar surface area (TPSA) is 93.1 Å². The van der Waals surface area contributed by atoms with Crippen LogP contribution in [-0.4, -0.2) is 22.1 Å². The van der Waals surface area contributed by atoms with Crippen molar-refractivity contribution in [2.75, 3.05) is 0 Å². The van der Waals surface area contributed by atoms with Crippen molar-refractivity contribution in [2.24, 2.45) is 5.92 Å². The zero-order valence-corrected chi connectivity index (χ0v) is 20.5. The van der Waals surface area contributed by atoms with Crippen LogP contribution in [0.4, 0.5) is 13.2 Å². The van der Waals surface area contributed by atoms with E-state index in [1.165, 1.54) is 23.1 Å². The lowest BCUT2D eigenvalue weighted by Crippen LogP contribution is -2.30. The van der Waals surface area contributed by atoms with Crippen LogP contribution in [0.5, 0.6) is 5.88 Å². The molecule has 2 aromatic carbocycles. The third kappa shape index (κ3) is 5.64. The molecule has 1 aliphatic rings. The number of carbonyl (C=O) groups is 1. The summed E-state index contributed by atoms with van der Waals surface area (Å²) in [6, 6.07) is 12.7. The molecule has 0 bridgehead atoms. The number of aromatic nitrogens is 2. The number of pyridine rings is 1. The molecule has 0 aliphatic heterocycles. The van der Waals surface area contributed by atoms with Gasteiger partial charge >= 0.3 is 6.61 Å². The van der Waals surface area contributed by atoms with Gasteiger partial charge in [0.15, 0.2) is 0 Å². The van der Waals surface area contributed by atoms with E-state index >= 15 is 0 Å². The average Bonchev–Trinajstić information content (AvgIpc) is 3.66. The van der Waals surface area contributed by atoms with Gasteiger partial charge in [-0.2, -0.15) is 8.78 Å². The van der Waals surface area contributed by atoms with Crippen LogP contribution in [0.2, 0.25) is 0 Å². The van der Waals surface area contributed by atoms with Gasteiger partial charge in [-0.3, -0.25) is 14.8 Å². The number of carbonyl (C=O) groups excluding carboxylic acids is 1. The molecule has 0 spiro atoms. The Balaban J connectivity index is 1.53. The Morgan fingerprint density at radius 3 is 2.74 bits per heavy atom. The Hall–Kier alpha value is -4.34. The third-order valence-electron chi connectivity index (χ3n) is 6.49. The average molecular weight is 523 g/mol. The van der Waals surface area contributed by atoms with Gasteiger partial charge in [-0.05, 0) is 84.3 Å². The second-order valence-electron chi connectivity index (χ2n) is 9.29. The smallest absolute Gasteiger partial charge is 0.388 e. The molecule has 4 aromatic rings. The van der Waals surface area contributed by atoms with Crippen LogP contribution in [0.15, 0.2) is 71.6 Å². The van der Waals surface area contributed by atoms with Crippen molar-refractivity contribution < 1.29 is 27.1 Å². The van der Waals surface area contributed by atoms with E-state index in [1.54, 1.807) is 55.6 Å². The number of benzene rings is 2. The molecule has 0 saturated heterocycles. The molecule has 0 radical (unpaired) electrons. The third-order valence-corrected chi connectivity index (χ3v) is 6.49. The maximum atomic E-state index is 13.9. The predicted octanol–water partition coefficient (Wildman–Crippen LogP) is 5.60. The van der Waals surface area contributed by atoms with Crippen molar-refractivity contribution in [3.8, 4) is 17.0 Å². The van der Waals surface area contributed by atoms with E-state index in [1.807, 2.05) is 0 Å². The number of nitrogens with one attached hydrogen (secondary N) is 2. The second-order valence-corrected chi connectivity index (χ2v) is 9.29. The Morgan fingerprint density at radius 2 is 2.05 bits per heavy atom. The summed E-state index contributed by atoms with van der Waals surface area (Å²) in [7, 11) is 0. The molecule has 1 aliphatic carbocycles. The van der Waals surface area contributed by atoms with Gasteiger partial charge in [-0.1, -0.05) is 12.1 Å². The lowest BCUT2D eigenvalue weighted by Gasteiger charge is -2.20. The molecule has 1 unspecified atom stereocenters. The minimum absolute atomic E-state index is 0.0787. The lowest BCUT2D eigenvalue weighted by molar-refractivity contribution is -0.0524. The molecule has 196 valence electrons. The number of hydrogen-bond acceptors (Lipinski definition) is 5. The molecule has 2 aromatic heterocycles. The molecule has 10 heteroatoms. The fourth-order valence-electron chi connectivity index (χ4n) is 4.47. The minimum Gasteiger partial charge on any atom is -0.432 e. The van der Waals surface area contributed by atoms with Crippen LogP contribution in [0, 0.1) is 24.1 Å². The highest BCUT2D eigenvalue weighted by atomic mass is 19.3. The van der Waals surface area contributed by atoms with Gasteiger partial charge in [0.05, 0.1) is 12.6 Å². The second kappa shape index (κ2) is 10.6.